The number of H-pyrrole nitrogens is 1. The Bertz CT molecular complexity index is 1470. The maximum atomic E-state index is 12.3. The molecule has 7 nitrogen and oxygen atoms in total. The zero-order valence-corrected chi connectivity index (χ0v) is 20.2. The van der Waals surface area contributed by atoms with Gasteiger partial charge in [-0.1, -0.05) is 18.2 Å². The summed E-state index contributed by atoms with van der Waals surface area (Å²) >= 11 is 0. The molecule has 4 aromatic rings. The van der Waals surface area contributed by atoms with Crippen LogP contribution in [0.15, 0.2) is 77.9 Å². The van der Waals surface area contributed by atoms with E-state index in [1.165, 1.54) is 5.56 Å². The number of anilines is 2. The average Bonchev–Trinajstić information content (AvgIpc) is 2.91. The van der Waals surface area contributed by atoms with Crippen molar-refractivity contribution in [3.05, 3.63) is 111 Å². The monoisotopic (exact) mass is 480 g/mol. The van der Waals surface area contributed by atoms with Gasteiger partial charge in [0.25, 0.3) is 5.56 Å². The minimum absolute atomic E-state index is 0.0816. The Morgan fingerprint density at radius 2 is 2.06 bits per heavy atom. The molecule has 1 atom stereocenters. The summed E-state index contributed by atoms with van der Waals surface area (Å²) in [5, 5.41) is 3.51. The van der Waals surface area contributed by atoms with Crippen molar-refractivity contribution in [3.63, 3.8) is 0 Å². The molecule has 1 fully saturated rings. The van der Waals surface area contributed by atoms with Crippen LogP contribution in [0.25, 0.3) is 0 Å². The maximum absolute atomic E-state index is 12.3. The quantitative estimate of drug-likeness (QED) is 0.370. The minimum atomic E-state index is -0.181. The number of nitrogens with zero attached hydrogens (tertiary/aromatic N) is 2. The van der Waals surface area contributed by atoms with E-state index >= 15 is 0 Å². The molecule has 0 amide bonds. The van der Waals surface area contributed by atoms with Crippen LogP contribution in [0.4, 0.5) is 11.4 Å². The van der Waals surface area contributed by atoms with E-state index in [9.17, 15) is 4.79 Å². The number of hydrogen-bond donors (Lipinski definition) is 2. The van der Waals surface area contributed by atoms with Crippen molar-refractivity contribution in [2.45, 2.75) is 26.0 Å². The fourth-order valence-corrected chi connectivity index (χ4v) is 5.00. The number of fused-ring (bicyclic) bond motifs is 2. The van der Waals surface area contributed by atoms with Gasteiger partial charge < -0.3 is 24.7 Å². The predicted molar refractivity (Wildman–Crippen MR) is 140 cm³/mol. The SMILES string of the molecule is Cc1cc(CNc2ccc3c(c2)Cc2cccc(C4CN(c5ccc[nH]c5=O)CCO4)c2O3)ccn1. The van der Waals surface area contributed by atoms with Crippen LogP contribution in [-0.2, 0) is 17.7 Å². The summed E-state index contributed by atoms with van der Waals surface area (Å²) in [5.74, 6) is 1.74. The highest BCUT2D eigenvalue weighted by atomic mass is 16.5. The number of pyridine rings is 2. The minimum Gasteiger partial charge on any atom is -0.456 e. The molecular formula is C29H28N4O3. The van der Waals surface area contributed by atoms with Crippen molar-refractivity contribution in [1.82, 2.24) is 9.97 Å². The van der Waals surface area contributed by atoms with Gasteiger partial charge in [-0.25, -0.2) is 0 Å². The van der Waals surface area contributed by atoms with E-state index < -0.39 is 0 Å². The second-order valence-corrected chi connectivity index (χ2v) is 9.29. The first kappa shape index (κ1) is 22.4. The molecule has 6 rings (SSSR count). The van der Waals surface area contributed by atoms with Gasteiger partial charge in [0.05, 0.1) is 6.61 Å². The van der Waals surface area contributed by atoms with E-state index in [1.54, 1.807) is 6.20 Å². The first-order valence-electron chi connectivity index (χ1n) is 12.3. The van der Waals surface area contributed by atoms with Crippen LogP contribution >= 0.6 is 0 Å². The molecule has 1 saturated heterocycles. The fraction of sp³-hybridized carbons (Fsp3) is 0.241. The van der Waals surface area contributed by atoms with Crippen LogP contribution in [-0.4, -0.2) is 29.7 Å². The number of aromatic amines is 1. The summed E-state index contributed by atoms with van der Waals surface area (Å²) in [5.41, 5.74) is 7.17. The summed E-state index contributed by atoms with van der Waals surface area (Å²) in [6.07, 6.45) is 4.11. The fourth-order valence-electron chi connectivity index (χ4n) is 5.00. The Hall–Kier alpha value is -4.10. The zero-order chi connectivity index (χ0) is 24.5. The van der Waals surface area contributed by atoms with E-state index in [4.69, 9.17) is 9.47 Å². The summed E-state index contributed by atoms with van der Waals surface area (Å²) in [4.78, 5) is 21.5. The molecule has 36 heavy (non-hydrogen) atoms. The van der Waals surface area contributed by atoms with E-state index in [-0.39, 0.29) is 11.7 Å². The lowest BCUT2D eigenvalue weighted by Gasteiger charge is -2.35. The standard InChI is InChI=1S/C29H28N4O3/c1-19-14-20(9-11-30-19)17-32-23-7-8-26-22(16-23)15-21-4-2-5-24(28(21)36-26)27-18-33(12-13-35-27)25-6-3-10-31-29(25)34/h2-11,14,16,27,32H,12-13,15,17-18H2,1H3,(H,31,34). The smallest absolute Gasteiger partial charge is 0.271 e. The van der Waals surface area contributed by atoms with Crippen LogP contribution in [0, 0.1) is 6.92 Å². The number of aryl methyl sites for hydroxylation is 1. The molecular weight excluding hydrogens is 452 g/mol. The second kappa shape index (κ2) is 9.51. The first-order valence-corrected chi connectivity index (χ1v) is 12.3. The molecule has 4 heterocycles. The molecule has 2 aromatic carbocycles. The number of aromatic nitrogens is 2. The van der Waals surface area contributed by atoms with Crippen LogP contribution in [0.1, 0.15) is 34.1 Å². The molecule has 0 bridgehead atoms. The second-order valence-electron chi connectivity index (χ2n) is 9.29. The Morgan fingerprint density at radius 1 is 1.11 bits per heavy atom. The molecule has 2 aliphatic rings. The van der Waals surface area contributed by atoms with E-state index in [0.29, 0.717) is 25.4 Å². The van der Waals surface area contributed by atoms with E-state index in [2.05, 4.69) is 56.6 Å². The maximum Gasteiger partial charge on any atom is 0.271 e. The Morgan fingerprint density at radius 3 is 2.94 bits per heavy atom. The third kappa shape index (κ3) is 4.45. The van der Waals surface area contributed by atoms with Gasteiger partial charge in [-0.2, -0.15) is 0 Å². The number of para-hydroxylation sites is 1. The molecule has 7 heteroatoms. The van der Waals surface area contributed by atoms with Crippen LogP contribution < -0.4 is 20.5 Å². The lowest BCUT2D eigenvalue weighted by Crippen LogP contribution is -2.41. The van der Waals surface area contributed by atoms with Gasteiger partial charge in [0, 0.05) is 61.0 Å². The molecule has 0 saturated carbocycles. The summed E-state index contributed by atoms with van der Waals surface area (Å²) in [7, 11) is 0. The molecule has 182 valence electrons. The van der Waals surface area contributed by atoms with Crippen molar-refractivity contribution < 1.29 is 9.47 Å². The number of benzene rings is 2. The Kier molecular flexibility index (Phi) is 5.91. The van der Waals surface area contributed by atoms with Crippen molar-refractivity contribution >= 4 is 11.4 Å². The number of nitrogens with one attached hydrogen (secondary N) is 2. The first-order chi connectivity index (χ1) is 17.6. The van der Waals surface area contributed by atoms with Gasteiger partial charge in [-0.05, 0) is 60.5 Å². The summed E-state index contributed by atoms with van der Waals surface area (Å²) in [6, 6.07) is 20.3. The molecule has 0 radical (unpaired) electrons. The van der Waals surface area contributed by atoms with E-state index in [1.807, 2.05) is 37.4 Å². The van der Waals surface area contributed by atoms with Gasteiger partial charge in [0.2, 0.25) is 0 Å². The van der Waals surface area contributed by atoms with Gasteiger partial charge in [-0.15, -0.1) is 0 Å². The average molecular weight is 481 g/mol. The highest BCUT2D eigenvalue weighted by molar-refractivity contribution is 5.59. The third-order valence-electron chi connectivity index (χ3n) is 6.79. The molecule has 0 spiro atoms. The number of rotatable bonds is 5. The molecule has 0 aliphatic carbocycles. The van der Waals surface area contributed by atoms with Crippen molar-refractivity contribution in [3.8, 4) is 11.5 Å². The largest absolute Gasteiger partial charge is 0.456 e. The Balaban J connectivity index is 1.21. The number of hydrogen-bond acceptors (Lipinski definition) is 6. The highest BCUT2D eigenvalue weighted by Crippen LogP contribution is 2.43. The number of ether oxygens (including phenoxy) is 2. The lowest BCUT2D eigenvalue weighted by atomic mass is 9.95. The summed E-state index contributed by atoms with van der Waals surface area (Å²) < 4.78 is 12.6. The summed E-state index contributed by atoms with van der Waals surface area (Å²) in [6.45, 7) is 4.56. The zero-order valence-electron chi connectivity index (χ0n) is 20.2. The highest BCUT2D eigenvalue weighted by Gasteiger charge is 2.29. The van der Waals surface area contributed by atoms with Gasteiger partial charge in [-0.3, -0.25) is 9.78 Å². The molecule has 1 unspecified atom stereocenters. The molecule has 2 aromatic heterocycles. The molecule has 2 N–H and O–H groups in total. The van der Waals surface area contributed by atoms with Gasteiger partial charge in [0.15, 0.2) is 0 Å². The van der Waals surface area contributed by atoms with Gasteiger partial charge in [0.1, 0.15) is 23.3 Å². The van der Waals surface area contributed by atoms with Crippen LogP contribution in [0.5, 0.6) is 11.5 Å². The topological polar surface area (TPSA) is 79.5 Å². The normalized spacial score (nSPS) is 16.6. The van der Waals surface area contributed by atoms with Crippen molar-refractivity contribution in [2.75, 3.05) is 29.9 Å². The lowest BCUT2D eigenvalue weighted by molar-refractivity contribution is 0.0383. The van der Waals surface area contributed by atoms with E-state index in [0.717, 1.165) is 52.5 Å². The van der Waals surface area contributed by atoms with Crippen molar-refractivity contribution in [1.29, 1.82) is 0 Å². The third-order valence-corrected chi connectivity index (χ3v) is 6.79. The Labute approximate surface area is 209 Å². The van der Waals surface area contributed by atoms with Crippen molar-refractivity contribution in [2.24, 2.45) is 0 Å². The predicted octanol–water partition coefficient (Wildman–Crippen LogP) is 4.96. The number of morpholine rings is 1. The van der Waals surface area contributed by atoms with Crippen LogP contribution in [0.3, 0.4) is 0 Å². The van der Waals surface area contributed by atoms with Gasteiger partial charge >= 0.3 is 0 Å². The van der Waals surface area contributed by atoms with Crippen LogP contribution in [0.2, 0.25) is 0 Å². The molecule has 2 aliphatic heterocycles.